The van der Waals surface area contributed by atoms with Crippen molar-refractivity contribution in [2.75, 3.05) is 18.5 Å². The van der Waals surface area contributed by atoms with Gasteiger partial charge in [0, 0.05) is 11.8 Å². The zero-order valence-corrected chi connectivity index (χ0v) is 17.9. The van der Waals surface area contributed by atoms with Crippen LogP contribution in [-0.2, 0) is 4.74 Å². The largest absolute Gasteiger partial charge is 0.471 e. The summed E-state index contributed by atoms with van der Waals surface area (Å²) >= 11 is 0. The molecule has 6 nitrogen and oxygen atoms in total. The van der Waals surface area contributed by atoms with Crippen LogP contribution < -0.4 is 10.1 Å². The third kappa shape index (κ3) is 5.67. The van der Waals surface area contributed by atoms with E-state index in [1.54, 1.807) is 0 Å². The molecule has 3 unspecified atom stereocenters. The number of nitrogens with one attached hydrogen (secondary N) is 1. The van der Waals surface area contributed by atoms with Crippen LogP contribution in [0, 0.1) is 34.8 Å². The van der Waals surface area contributed by atoms with Crippen molar-refractivity contribution >= 4 is 11.5 Å². The molecule has 0 amide bonds. The minimum Gasteiger partial charge on any atom is -0.471 e. The maximum Gasteiger partial charge on any atom is 0.256 e. The van der Waals surface area contributed by atoms with Gasteiger partial charge in [-0.25, -0.2) is 9.37 Å². The van der Waals surface area contributed by atoms with E-state index in [1.165, 1.54) is 18.5 Å². The van der Waals surface area contributed by atoms with Crippen molar-refractivity contribution in [2.24, 2.45) is 11.8 Å². The van der Waals surface area contributed by atoms with Gasteiger partial charge in [-0.1, -0.05) is 33.1 Å². The van der Waals surface area contributed by atoms with Gasteiger partial charge in [-0.15, -0.1) is 0 Å². The van der Waals surface area contributed by atoms with Gasteiger partial charge in [0.2, 0.25) is 5.82 Å². The number of unbranched alkanes of at least 4 members (excludes halogenated alkanes) is 2. The summed E-state index contributed by atoms with van der Waals surface area (Å²) in [6, 6.07) is 5.74. The molecular formula is C23H28F2N4O2. The maximum atomic E-state index is 15.1. The highest BCUT2D eigenvalue weighted by Crippen LogP contribution is 2.33. The predicted molar refractivity (Wildman–Crippen MR) is 113 cm³/mol. The molecule has 1 saturated heterocycles. The van der Waals surface area contributed by atoms with E-state index in [0.717, 1.165) is 38.2 Å². The quantitative estimate of drug-likeness (QED) is 0.539. The lowest BCUT2D eigenvalue weighted by Gasteiger charge is -2.37. The lowest BCUT2D eigenvalue weighted by Crippen LogP contribution is -2.44. The van der Waals surface area contributed by atoms with Gasteiger partial charge >= 0.3 is 0 Å². The number of halogens is 2. The highest BCUT2D eigenvalue weighted by atomic mass is 19.1. The number of rotatable bonds is 9. The van der Waals surface area contributed by atoms with Crippen molar-refractivity contribution in [3.63, 3.8) is 0 Å². The maximum absolute atomic E-state index is 15.1. The van der Waals surface area contributed by atoms with Gasteiger partial charge in [0.25, 0.3) is 5.88 Å². The lowest BCUT2D eigenvalue weighted by atomic mass is 9.84. The number of ether oxygens (including phenoxy) is 2. The van der Waals surface area contributed by atoms with Gasteiger partial charge < -0.3 is 14.8 Å². The monoisotopic (exact) mass is 430 g/mol. The predicted octanol–water partition coefficient (Wildman–Crippen LogP) is 5.37. The number of hydrogen-bond acceptors (Lipinski definition) is 6. The van der Waals surface area contributed by atoms with Crippen LogP contribution in [0.2, 0.25) is 0 Å². The molecule has 31 heavy (non-hydrogen) atoms. The van der Waals surface area contributed by atoms with E-state index in [2.05, 4.69) is 29.1 Å². The summed E-state index contributed by atoms with van der Waals surface area (Å²) in [6.45, 7) is 5.37. The molecule has 0 saturated carbocycles. The van der Waals surface area contributed by atoms with Crippen LogP contribution in [0.15, 0.2) is 24.5 Å². The van der Waals surface area contributed by atoms with E-state index in [0.29, 0.717) is 13.2 Å². The zero-order chi connectivity index (χ0) is 22.2. The first-order valence-electron chi connectivity index (χ1n) is 10.8. The number of aromatic nitrogens is 2. The van der Waals surface area contributed by atoms with Gasteiger partial charge in [0.1, 0.15) is 18.2 Å². The molecule has 0 radical (unpaired) electrons. The molecule has 1 aromatic heterocycles. The fourth-order valence-corrected chi connectivity index (χ4v) is 3.86. The summed E-state index contributed by atoms with van der Waals surface area (Å²) in [6.07, 6.45) is 6.10. The van der Waals surface area contributed by atoms with Crippen molar-refractivity contribution < 1.29 is 18.3 Å². The summed E-state index contributed by atoms with van der Waals surface area (Å²) in [5, 5.41) is 11.5. The lowest BCUT2D eigenvalue weighted by molar-refractivity contribution is -0.0741. The molecule has 0 spiro atoms. The van der Waals surface area contributed by atoms with Crippen LogP contribution in [0.4, 0.5) is 20.3 Å². The summed E-state index contributed by atoms with van der Waals surface area (Å²) in [4.78, 5) is 7.89. The highest BCUT2D eigenvalue weighted by molar-refractivity contribution is 5.59. The van der Waals surface area contributed by atoms with Crippen molar-refractivity contribution in [1.29, 1.82) is 5.26 Å². The SMILES string of the molecule is CCCCCC1COCC(CC)C1Oc1ncnc(Nc2ccc(C#N)cc2F)c1F. The van der Waals surface area contributed by atoms with E-state index < -0.39 is 11.6 Å². The van der Waals surface area contributed by atoms with Gasteiger partial charge in [-0.05, 0) is 31.0 Å². The van der Waals surface area contributed by atoms with E-state index in [1.807, 2.05) is 6.07 Å². The number of anilines is 2. The Morgan fingerprint density at radius 1 is 1.19 bits per heavy atom. The third-order valence-corrected chi connectivity index (χ3v) is 5.65. The van der Waals surface area contributed by atoms with E-state index in [4.69, 9.17) is 14.7 Å². The molecule has 2 heterocycles. The van der Waals surface area contributed by atoms with Gasteiger partial charge in [-0.2, -0.15) is 14.6 Å². The first-order chi connectivity index (χ1) is 15.1. The molecule has 3 rings (SSSR count). The molecule has 3 atom stereocenters. The van der Waals surface area contributed by atoms with Crippen LogP contribution in [0.5, 0.6) is 5.88 Å². The Bertz CT molecular complexity index is 919. The Balaban J connectivity index is 1.79. The Morgan fingerprint density at radius 3 is 2.71 bits per heavy atom. The molecule has 1 aromatic carbocycles. The second-order valence-corrected chi connectivity index (χ2v) is 7.82. The molecule has 1 aliphatic heterocycles. The number of hydrogen-bond donors (Lipinski definition) is 1. The first-order valence-corrected chi connectivity index (χ1v) is 10.8. The van der Waals surface area contributed by atoms with Crippen LogP contribution in [0.25, 0.3) is 0 Å². The topological polar surface area (TPSA) is 80.1 Å². The molecule has 8 heteroatoms. The molecular weight excluding hydrogens is 402 g/mol. The van der Waals surface area contributed by atoms with Crippen molar-refractivity contribution in [1.82, 2.24) is 9.97 Å². The fraction of sp³-hybridized carbons (Fsp3) is 0.522. The average Bonchev–Trinajstić information content (AvgIpc) is 2.78. The molecule has 1 N–H and O–H groups in total. The molecule has 1 fully saturated rings. The summed E-state index contributed by atoms with van der Waals surface area (Å²) < 4.78 is 41.2. The Labute approximate surface area is 181 Å². The normalized spacial score (nSPS) is 20.8. The third-order valence-electron chi connectivity index (χ3n) is 5.65. The van der Waals surface area contributed by atoms with Gasteiger partial charge in [0.15, 0.2) is 5.82 Å². The second-order valence-electron chi connectivity index (χ2n) is 7.82. The summed E-state index contributed by atoms with van der Waals surface area (Å²) in [5.74, 6) is -1.49. The minimum atomic E-state index is -0.778. The Hall–Kier alpha value is -2.79. The fourth-order valence-electron chi connectivity index (χ4n) is 3.86. The van der Waals surface area contributed by atoms with E-state index in [-0.39, 0.29) is 40.9 Å². The van der Waals surface area contributed by atoms with Crippen LogP contribution >= 0.6 is 0 Å². The molecule has 166 valence electrons. The first kappa shape index (κ1) is 22.9. The molecule has 0 bridgehead atoms. The molecule has 0 aliphatic carbocycles. The second kappa shape index (κ2) is 11.0. The Kier molecular flexibility index (Phi) is 8.13. The van der Waals surface area contributed by atoms with E-state index in [9.17, 15) is 4.39 Å². The van der Waals surface area contributed by atoms with E-state index >= 15 is 4.39 Å². The molecule has 1 aliphatic rings. The summed E-state index contributed by atoms with van der Waals surface area (Å²) in [7, 11) is 0. The van der Waals surface area contributed by atoms with Gasteiger partial charge in [0.05, 0.1) is 30.5 Å². The van der Waals surface area contributed by atoms with Gasteiger partial charge in [-0.3, -0.25) is 0 Å². The highest BCUT2D eigenvalue weighted by Gasteiger charge is 2.35. The Morgan fingerprint density at radius 2 is 2.00 bits per heavy atom. The standard InChI is InChI=1S/C23H28F2N4O2/c1-3-5-6-7-17-13-30-12-16(4-2)21(17)31-23-20(25)22(27-14-28-23)29-19-9-8-15(11-26)10-18(19)24/h8-10,14,16-17,21H,3-7,12-13H2,1-2H3,(H,27,28,29). The summed E-state index contributed by atoms with van der Waals surface area (Å²) in [5.41, 5.74) is 0.187. The van der Waals surface area contributed by atoms with Crippen LogP contribution in [0.1, 0.15) is 51.5 Å². The number of nitrogens with zero attached hydrogens (tertiary/aromatic N) is 3. The minimum absolute atomic E-state index is 0.0116. The van der Waals surface area contributed by atoms with Crippen molar-refractivity contribution in [2.45, 2.75) is 52.1 Å². The zero-order valence-electron chi connectivity index (χ0n) is 17.9. The molecule has 2 aromatic rings. The van der Waals surface area contributed by atoms with Crippen molar-refractivity contribution in [3.8, 4) is 11.9 Å². The van der Waals surface area contributed by atoms with Crippen molar-refractivity contribution in [3.05, 3.63) is 41.7 Å². The number of nitriles is 1. The smallest absolute Gasteiger partial charge is 0.256 e. The van der Waals surface area contributed by atoms with Crippen LogP contribution in [-0.4, -0.2) is 29.3 Å². The van der Waals surface area contributed by atoms with Crippen LogP contribution in [0.3, 0.4) is 0 Å². The number of benzene rings is 1. The average molecular weight is 430 g/mol.